The van der Waals surface area contributed by atoms with Crippen LogP contribution in [0.5, 0.6) is 0 Å². The fraction of sp³-hybridized carbons (Fsp3) is 0.633. The zero-order valence-electron chi connectivity index (χ0n) is 24.3. The molecule has 10 nitrogen and oxygen atoms in total. The van der Waals surface area contributed by atoms with Gasteiger partial charge in [0, 0.05) is 57.0 Å². The smallest absolute Gasteiger partial charge is 0.242 e. The predicted molar refractivity (Wildman–Crippen MR) is 158 cm³/mol. The number of amides is 2. The number of aliphatic imine (C=N–C) groups is 1. The molecule has 1 aromatic rings. The van der Waals surface area contributed by atoms with Gasteiger partial charge in [-0.2, -0.15) is 0 Å². The lowest BCUT2D eigenvalue weighted by Crippen LogP contribution is -2.61. The minimum Gasteiger partial charge on any atom is -0.395 e. The Balaban J connectivity index is 1.38. The number of piperazine rings is 1. The molecule has 2 aliphatic carbocycles. The van der Waals surface area contributed by atoms with E-state index in [2.05, 4.69) is 34.2 Å². The second-order valence-electron chi connectivity index (χ2n) is 12.5. The lowest BCUT2D eigenvalue weighted by atomic mass is 9.52. The lowest BCUT2D eigenvalue weighted by molar-refractivity contribution is -0.137. The largest absolute Gasteiger partial charge is 0.395 e. The third-order valence-electron chi connectivity index (χ3n) is 8.67. The summed E-state index contributed by atoms with van der Waals surface area (Å²) in [5.41, 5.74) is 13.7. The van der Waals surface area contributed by atoms with Crippen molar-refractivity contribution >= 4 is 23.8 Å². The topological polar surface area (TPSA) is 141 Å². The van der Waals surface area contributed by atoms with Gasteiger partial charge in [0.05, 0.1) is 17.8 Å². The highest BCUT2D eigenvalue weighted by Gasteiger charge is 2.53. The van der Waals surface area contributed by atoms with E-state index >= 15 is 0 Å². The number of amidine groups is 1. The number of hydrogen-bond donors (Lipinski definition) is 4. The van der Waals surface area contributed by atoms with Crippen molar-refractivity contribution in [3.8, 4) is 0 Å². The quantitative estimate of drug-likeness (QED) is 0.184. The van der Waals surface area contributed by atoms with Crippen molar-refractivity contribution in [2.45, 2.75) is 76.5 Å². The summed E-state index contributed by atoms with van der Waals surface area (Å²) >= 11 is 0. The number of nitrogens with two attached hydrogens (primary N) is 2. The van der Waals surface area contributed by atoms with Gasteiger partial charge < -0.3 is 31.7 Å². The van der Waals surface area contributed by atoms with Crippen LogP contribution >= 0.6 is 0 Å². The van der Waals surface area contributed by atoms with Crippen LogP contribution in [-0.2, 0) is 16.0 Å². The van der Waals surface area contributed by atoms with Gasteiger partial charge in [-0.3, -0.25) is 14.5 Å². The van der Waals surface area contributed by atoms with Crippen molar-refractivity contribution in [1.82, 2.24) is 20.0 Å². The number of nitrogens with zero attached hydrogens (tertiary/aromatic N) is 4. The third-order valence-corrected chi connectivity index (χ3v) is 8.67. The van der Waals surface area contributed by atoms with E-state index in [0.717, 1.165) is 30.8 Å². The third kappa shape index (κ3) is 7.28. The molecule has 3 aliphatic rings. The standard InChI is InChI=1S/C30H47N7O3/c1-22(37(14-15-38)26-19-30(20-26)17-24(31)18-30)16-23-4-6-25(7-5-23)34-27(8-9-33-21-39)35-10-12-36(13-11-35)28(40)29(2,3)32/h4-9,21-22,24,26,38H,10-20,31-32H2,1-3H3,(H,33,39)/b9-8-,34-27?. The summed E-state index contributed by atoms with van der Waals surface area (Å²) in [5, 5.41) is 12.3. The van der Waals surface area contributed by atoms with Gasteiger partial charge in [0.2, 0.25) is 12.3 Å². The monoisotopic (exact) mass is 553 g/mol. The molecule has 1 unspecified atom stereocenters. The number of aliphatic hydroxyl groups excluding tert-OH is 1. The summed E-state index contributed by atoms with van der Waals surface area (Å²) in [6, 6.07) is 9.49. The van der Waals surface area contributed by atoms with Crippen LogP contribution in [0, 0.1) is 5.41 Å². The van der Waals surface area contributed by atoms with Crippen molar-refractivity contribution in [2.75, 3.05) is 39.3 Å². The molecule has 6 N–H and O–H groups in total. The maximum Gasteiger partial charge on any atom is 0.242 e. The van der Waals surface area contributed by atoms with Gasteiger partial charge in [-0.25, -0.2) is 4.99 Å². The molecule has 40 heavy (non-hydrogen) atoms. The number of rotatable bonds is 11. The number of benzene rings is 1. The first-order valence-corrected chi connectivity index (χ1v) is 14.5. The summed E-state index contributed by atoms with van der Waals surface area (Å²) in [6.07, 6.45) is 9.55. The van der Waals surface area contributed by atoms with Crippen molar-refractivity contribution < 1.29 is 14.7 Å². The summed E-state index contributed by atoms with van der Waals surface area (Å²) < 4.78 is 0. The predicted octanol–water partition coefficient (Wildman–Crippen LogP) is 1.35. The molecule has 0 radical (unpaired) electrons. The van der Waals surface area contributed by atoms with Crippen molar-refractivity contribution in [1.29, 1.82) is 0 Å². The summed E-state index contributed by atoms with van der Waals surface area (Å²) in [6.45, 7) is 8.93. The van der Waals surface area contributed by atoms with Crippen LogP contribution in [0.4, 0.5) is 5.69 Å². The molecule has 1 heterocycles. The molecule has 3 fully saturated rings. The highest BCUT2D eigenvalue weighted by molar-refractivity contribution is 5.95. The van der Waals surface area contributed by atoms with E-state index in [4.69, 9.17) is 16.5 Å². The SMILES string of the molecule is CC(Cc1ccc(N=C(/C=C\NC=O)N2CCN(C(=O)C(C)(C)N)CC2)cc1)N(CCO)C1CC2(CC(N)C2)C1. The average molecular weight is 554 g/mol. The summed E-state index contributed by atoms with van der Waals surface area (Å²) in [4.78, 5) is 34.6. The van der Waals surface area contributed by atoms with E-state index in [0.29, 0.717) is 62.7 Å². The Bertz CT molecular complexity index is 1060. The molecule has 0 bridgehead atoms. The number of hydrogen-bond acceptors (Lipinski definition) is 7. The van der Waals surface area contributed by atoms with E-state index in [-0.39, 0.29) is 12.5 Å². The molecule has 1 aromatic carbocycles. The van der Waals surface area contributed by atoms with Gasteiger partial charge in [-0.15, -0.1) is 0 Å². The first kappa shape index (κ1) is 30.2. The fourth-order valence-corrected chi connectivity index (χ4v) is 6.66. The number of nitrogens with one attached hydrogen (secondary N) is 1. The second-order valence-corrected chi connectivity index (χ2v) is 12.5. The molecular weight excluding hydrogens is 506 g/mol. The van der Waals surface area contributed by atoms with Crippen LogP contribution in [0.2, 0.25) is 0 Å². The Labute approximate surface area is 238 Å². The Morgan fingerprint density at radius 2 is 1.80 bits per heavy atom. The molecule has 1 saturated heterocycles. The van der Waals surface area contributed by atoms with Gasteiger partial charge in [0.15, 0.2) is 0 Å². The van der Waals surface area contributed by atoms with Crippen LogP contribution in [0.3, 0.4) is 0 Å². The fourth-order valence-electron chi connectivity index (χ4n) is 6.66. The van der Waals surface area contributed by atoms with E-state index < -0.39 is 5.54 Å². The molecule has 4 rings (SSSR count). The van der Waals surface area contributed by atoms with Crippen LogP contribution in [0.25, 0.3) is 0 Å². The Morgan fingerprint density at radius 3 is 2.35 bits per heavy atom. The molecule has 2 amide bonds. The van der Waals surface area contributed by atoms with Gasteiger partial charge in [-0.05, 0) is 82.1 Å². The van der Waals surface area contributed by atoms with Gasteiger partial charge in [-0.1, -0.05) is 12.1 Å². The van der Waals surface area contributed by atoms with Gasteiger partial charge in [0.1, 0.15) is 5.84 Å². The van der Waals surface area contributed by atoms with E-state index in [9.17, 15) is 14.7 Å². The highest BCUT2D eigenvalue weighted by atomic mass is 16.3. The molecule has 1 spiro atoms. The molecule has 1 atom stereocenters. The zero-order chi connectivity index (χ0) is 28.9. The maximum atomic E-state index is 12.6. The molecule has 10 heteroatoms. The van der Waals surface area contributed by atoms with E-state index in [1.165, 1.54) is 18.4 Å². The highest BCUT2D eigenvalue weighted by Crippen LogP contribution is 2.56. The van der Waals surface area contributed by atoms with Crippen LogP contribution in [0.1, 0.15) is 52.0 Å². The molecular formula is C30H47N7O3. The number of carbonyl (C=O) groups is 2. The van der Waals surface area contributed by atoms with Crippen LogP contribution < -0.4 is 16.8 Å². The van der Waals surface area contributed by atoms with Crippen molar-refractivity contribution in [2.24, 2.45) is 21.9 Å². The maximum absolute atomic E-state index is 12.6. The first-order chi connectivity index (χ1) is 19.0. The number of carbonyl (C=O) groups excluding carboxylic acids is 2. The van der Waals surface area contributed by atoms with E-state index in [1.54, 1.807) is 31.0 Å². The van der Waals surface area contributed by atoms with Crippen LogP contribution in [-0.4, -0.2) is 101 Å². The van der Waals surface area contributed by atoms with Gasteiger partial charge >= 0.3 is 0 Å². The van der Waals surface area contributed by atoms with Crippen molar-refractivity contribution in [3.05, 3.63) is 42.1 Å². The summed E-state index contributed by atoms with van der Waals surface area (Å²) in [5.74, 6) is 0.661. The molecule has 0 aromatic heterocycles. The lowest BCUT2D eigenvalue weighted by Gasteiger charge is -2.60. The van der Waals surface area contributed by atoms with Crippen LogP contribution in [0.15, 0.2) is 41.5 Å². The minimum absolute atomic E-state index is 0.0600. The Hall–Kier alpha value is -2.79. The molecule has 2 saturated carbocycles. The Morgan fingerprint density at radius 1 is 1.18 bits per heavy atom. The average Bonchev–Trinajstić information content (AvgIpc) is 2.88. The number of aliphatic hydroxyl groups is 1. The second kappa shape index (κ2) is 12.8. The molecule has 220 valence electrons. The summed E-state index contributed by atoms with van der Waals surface area (Å²) in [7, 11) is 0. The molecule has 1 aliphatic heterocycles. The normalized spacial score (nSPS) is 26.1. The zero-order valence-corrected chi connectivity index (χ0v) is 24.3. The van der Waals surface area contributed by atoms with Gasteiger partial charge in [0.25, 0.3) is 0 Å². The van der Waals surface area contributed by atoms with Crippen molar-refractivity contribution in [3.63, 3.8) is 0 Å². The van der Waals surface area contributed by atoms with E-state index in [1.807, 2.05) is 12.1 Å². The Kier molecular flexibility index (Phi) is 9.66. The first-order valence-electron chi connectivity index (χ1n) is 14.5. The minimum atomic E-state index is -0.897.